The first-order chi connectivity index (χ1) is 11.8. The molecule has 0 bridgehead atoms. The molecule has 2 aromatic rings. The van der Waals surface area contributed by atoms with Crippen LogP contribution in [0.2, 0.25) is 0 Å². The maximum atomic E-state index is 12.6. The van der Waals surface area contributed by atoms with Gasteiger partial charge in [0.05, 0.1) is 12.8 Å². The Morgan fingerprint density at radius 2 is 1.56 bits per heavy atom. The van der Waals surface area contributed by atoms with Crippen molar-refractivity contribution in [3.63, 3.8) is 0 Å². The third-order valence-electron chi connectivity index (χ3n) is 4.26. The maximum Gasteiger partial charge on any atom is 0.239 e. The van der Waals surface area contributed by atoms with E-state index in [0.717, 1.165) is 11.1 Å². The van der Waals surface area contributed by atoms with Crippen molar-refractivity contribution in [3.05, 3.63) is 53.6 Å². The van der Waals surface area contributed by atoms with Crippen LogP contribution in [0.25, 0.3) is 0 Å². The quantitative estimate of drug-likeness (QED) is 0.811. The monoisotopic (exact) mass is 340 g/mol. The van der Waals surface area contributed by atoms with Crippen LogP contribution in [0.1, 0.15) is 25.0 Å². The Kier molecular flexibility index (Phi) is 5.47. The van der Waals surface area contributed by atoms with Gasteiger partial charge in [-0.1, -0.05) is 18.2 Å². The van der Waals surface area contributed by atoms with E-state index in [2.05, 4.69) is 10.6 Å². The summed E-state index contributed by atoms with van der Waals surface area (Å²) in [5.74, 6) is -0.234. The predicted octanol–water partition coefficient (Wildman–Crippen LogP) is 3.92. The Morgan fingerprint density at radius 1 is 0.920 bits per heavy atom. The molecule has 0 heterocycles. The largest absolute Gasteiger partial charge is 0.495 e. The summed E-state index contributed by atoms with van der Waals surface area (Å²) in [4.78, 5) is 25.2. The highest BCUT2D eigenvalue weighted by Gasteiger charge is 2.36. The molecule has 0 fully saturated rings. The number of benzene rings is 2. The molecule has 0 aliphatic rings. The summed E-state index contributed by atoms with van der Waals surface area (Å²) in [6, 6.07) is 12.7. The summed E-state index contributed by atoms with van der Waals surface area (Å²) in [6.07, 6.45) is 0. The SMILES string of the molecule is COc1ccccc1NC(=O)C(C)(C)C(=O)Nc1ccc(C)c(C)c1. The number of hydrogen-bond acceptors (Lipinski definition) is 3. The van der Waals surface area contributed by atoms with Crippen molar-refractivity contribution in [1.29, 1.82) is 0 Å². The topological polar surface area (TPSA) is 67.4 Å². The maximum absolute atomic E-state index is 12.6. The minimum absolute atomic E-state index is 0.372. The second-order valence-corrected chi connectivity index (χ2v) is 6.53. The van der Waals surface area contributed by atoms with Crippen LogP contribution in [0.15, 0.2) is 42.5 Å². The van der Waals surface area contributed by atoms with Gasteiger partial charge in [0.15, 0.2) is 0 Å². The first-order valence-corrected chi connectivity index (χ1v) is 8.09. The first kappa shape index (κ1) is 18.5. The smallest absolute Gasteiger partial charge is 0.239 e. The van der Waals surface area contributed by atoms with Crippen LogP contribution in [0.3, 0.4) is 0 Å². The van der Waals surface area contributed by atoms with Gasteiger partial charge in [-0.15, -0.1) is 0 Å². The summed E-state index contributed by atoms with van der Waals surface area (Å²) in [5, 5.41) is 5.58. The summed E-state index contributed by atoms with van der Waals surface area (Å²) in [6.45, 7) is 7.17. The Morgan fingerprint density at radius 3 is 2.20 bits per heavy atom. The Balaban J connectivity index is 2.14. The van der Waals surface area contributed by atoms with Gasteiger partial charge in [-0.3, -0.25) is 9.59 Å². The molecule has 2 N–H and O–H groups in total. The van der Waals surface area contributed by atoms with E-state index in [9.17, 15) is 9.59 Å². The van der Waals surface area contributed by atoms with Gasteiger partial charge in [0.2, 0.25) is 11.8 Å². The molecule has 2 amide bonds. The molecule has 0 saturated heterocycles. The zero-order valence-electron chi connectivity index (χ0n) is 15.3. The number of ether oxygens (including phenoxy) is 1. The van der Waals surface area contributed by atoms with E-state index in [-0.39, 0.29) is 5.91 Å². The molecule has 0 aliphatic carbocycles. The molecule has 0 spiro atoms. The highest BCUT2D eigenvalue weighted by Crippen LogP contribution is 2.27. The minimum atomic E-state index is -1.25. The van der Waals surface area contributed by atoms with Crippen LogP contribution in [0.4, 0.5) is 11.4 Å². The number of methoxy groups -OCH3 is 1. The van der Waals surface area contributed by atoms with E-state index in [1.807, 2.05) is 38.1 Å². The van der Waals surface area contributed by atoms with Crippen molar-refractivity contribution in [1.82, 2.24) is 0 Å². The highest BCUT2D eigenvalue weighted by atomic mass is 16.5. The number of para-hydroxylation sites is 2. The lowest BCUT2D eigenvalue weighted by atomic mass is 9.90. The average molecular weight is 340 g/mol. The van der Waals surface area contributed by atoms with E-state index in [1.165, 1.54) is 7.11 Å². The van der Waals surface area contributed by atoms with Gasteiger partial charge in [-0.05, 0) is 63.1 Å². The standard InChI is InChI=1S/C20H24N2O3/c1-13-10-11-15(12-14(13)2)21-18(23)20(3,4)19(24)22-16-8-6-7-9-17(16)25-5/h6-12H,1-5H3,(H,21,23)(H,22,24). The molecule has 2 rings (SSSR count). The predicted molar refractivity (Wildman–Crippen MR) is 100.0 cm³/mol. The van der Waals surface area contributed by atoms with Gasteiger partial charge in [0.1, 0.15) is 11.2 Å². The van der Waals surface area contributed by atoms with E-state index in [4.69, 9.17) is 4.74 Å². The van der Waals surface area contributed by atoms with Gasteiger partial charge in [0.25, 0.3) is 0 Å². The van der Waals surface area contributed by atoms with Gasteiger partial charge >= 0.3 is 0 Å². The van der Waals surface area contributed by atoms with Crippen LogP contribution < -0.4 is 15.4 Å². The van der Waals surface area contributed by atoms with Gasteiger partial charge < -0.3 is 15.4 Å². The fraction of sp³-hybridized carbons (Fsp3) is 0.300. The lowest BCUT2D eigenvalue weighted by Gasteiger charge is -2.23. The van der Waals surface area contributed by atoms with Crippen molar-refractivity contribution in [3.8, 4) is 5.75 Å². The molecule has 0 atom stereocenters. The summed E-state index contributed by atoms with van der Waals surface area (Å²) < 4.78 is 5.22. The lowest BCUT2D eigenvalue weighted by Crippen LogP contribution is -2.41. The number of aryl methyl sites for hydroxylation is 2. The number of rotatable bonds is 5. The van der Waals surface area contributed by atoms with Crippen molar-refractivity contribution in [2.75, 3.05) is 17.7 Å². The van der Waals surface area contributed by atoms with E-state index >= 15 is 0 Å². The van der Waals surface area contributed by atoms with Gasteiger partial charge in [-0.25, -0.2) is 0 Å². The van der Waals surface area contributed by atoms with Crippen LogP contribution in [0.5, 0.6) is 5.75 Å². The summed E-state index contributed by atoms with van der Waals surface area (Å²) >= 11 is 0. The fourth-order valence-corrected chi connectivity index (χ4v) is 2.24. The highest BCUT2D eigenvalue weighted by molar-refractivity contribution is 6.14. The summed E-state index contributed by atoms with van der Waals surface area (Å²) in [5.41, 5.74) is 2.17. The molecular formula is C20H24N2O3. The normalized spacial score (nSPS) is 10.9. The van der Waals surface area contributed by atoms with Crippen LogP contribution in [-0.4, -0.2) is 18.9 Å². The number of carbonyl (C=O) groups excluding carboxylic acids is 2. The molecule has 2 aromatic carbocycles. The number of nitrogens with one attached hydrogen (secondary N) is 2. The van der Waals surface area contributed by atoms with Crippen molar-refractivity contribution in [2.24, 2.45) is 5.41 Å². The Labute approximate surface area is 148 Å². The number of anilines is 2. The Hall–Kier alpha value is -2.82. The second-order valence-electron chi connectivity index (χ2n) is 6.53. The molecule has 0 saturated carbocycles. The van der Waals surface area contributed by atoms with Gasteiger partial charge in [0, 0.05) is 5.69 Å². The zero-order valence-corrected chi connectivity index (χ0v) is 15.3. The van der Waals surface area contributed by atoms with Crippen molar-refractivity contribution in [2.45, 2.75) is 27.7 Å². The molecule has 5 nitrogen and oxygen atoms in total. The number of amides is 2. The van der Waals surface area contributed by atoms with E-state index in [1.54, 1.807) is 32.0 Å². The molecule has 25 heavy (non-hydrogen) atoms. The molecule has 5 heteroatoms. The second kappa shape index (κ2) is 7.38. The van der Waals surface area contributed by atoms with Crippen molar-refractivity contribution < 1.29 is 14.3 Å². The third kappa shape index (κ3) is 4.18. The molecule has 0 unspecified atom stereocenters. The molecule has 0 radical (unpaired) electrons. The van der Waals surface area contributed by atoms with E-state index in [0.29, 0.717) is 17.1 Å². The van der Waals surface area contributed by atoms with Crippen LogP contribution in [0, 0.1) is 19.3 Å². The average Bonchev–Trinajstić information content (AvgIpc) is 2.58. The zero-order chi connectivity index (χ0) is 18.6. The van der Waals surface area contributed by atoms with Gasteiger partial charge in [-0.2, -0.15) is 0 Å². The lowest BCUT2D eigenvalue weighted by molar-refractivity contribution is -0.135. The summed E-state index contributed by atoms with van der Waals surface area (Å²) in [7, 11) is 1.53. The fourth-order valence-electron chi connectivity index (χ4n) is 2.24. The van der Waals surface area contributed by atoms with Crippen LogP contribution in [-0.2, 0) is 9.59 Å². The van der Waals surface area contributed by atoms with Crippen LogP contribution >= 0.6 is 0 Å². The minimum Gasteiger partial charge on any atom is -0.495 e. The van der Waals surface area contributed by atoms with Crippen molar-refractivity contribution >= 4 is 23.2 Å². The van der Waals surface area contributed by atoms with E-state index < -0.39 is 11.3 Å². The number of hydrogen-bond donors (Lipinski definition) is 2. The number of carbonyl (C=O) groups is 2. The molecule has 0 aliphatic heterocycles. The first-order valence-electron chi connectivity index (χ1n) is 8.09. The molecular weight excluding hydrogens is 316 g/mol. The molecule has 132 valence electrons. The third-order valence-corrected chi connectivity index (χ3v) is 4.26. The Bertz CT molecular complexity index is 797. The molecule has 0 aromatic heterocycles.